The number of aromatic nitrogens is 3. The Hall–Kier alpha value is -3.85. The van der Waals surface area contributed by atoms with Gasteiger partial charge in [-0.2, -0.15) is 0 Å². The number of H-pyrrole nitrogens is 1. The summed E-state index contributed by atoms with van der Waals surface area (Å²) in [7, 11) is 3.51. The largest absolute Gasteiger partial charge is 0.339 e. The summed E-state index contributed by atoms with van der Waals surface area (Å²) < 4.78 is 15.0. The van der Waals surface area contributed by atoms with Crippen molar-refractivity contribution in [1.29, 1.82) is 0 Å². The van der Waals surface area contributed by atoms with E-state index in [-0.39, 0.29) is 18.2 Å². The van der Waals surface area contributed by atoms with E-state index >= 15 is 4.39 Å². The number of halogens is 1. The Morgan fingerprint density at radius 2 is 2.00 bits per heavy atom. The second kappa shape index (κ2) is 10.9. The number of thiophene rings is 1. The van der Waals surface area contributed by atoms with E-state index in [0.29, 0.717) is 47.9 Å². The lowest BCUT2D eigenvalue weighted by molar-refractivity contribution is 0.0996. The van der Waals surface area contributed by atoms with Gasteiger partial charge in [-0.3, -0.25) is 4.79 Å². The number of amides is 2. The maximum atomic E-state index is 15.0. The van der Waals surface area contributed by atoms with Crippen LogP contribution in [0.15, 0.2) is 36.7 Å². The monoisotopic (exact) mass is 571 g/mol. The van der Waals surface area contributed by atoms with E-state index in [2.05, 4.69) is 34.0 Å². The Morgan fingerprint density at radius 3 is 2.76 bits per heavy atom. The zero-order chi connectivity index (χ0) is 28.8. The van der Waals surface area contributed by atoms with Gasteiger partial charge < -0.3 is 14.8 Å². The maximum Gasteiger partial charge on any atom is 0.319 e. The first-order valence-corrected chi connectivity index (χ1v) is 14.9. The number of ketones is 1. The van der Waals surface area contributed by atoms with E-state index in [4.69, 9.17) is 0 Å². The second-order valence-corrected chi connectivity index (χ2v) is 12.7. The number of nitrogens with zero attached hydrogens (tertiary/aromatic N) is 4. The first-order chi connectivity index (χ1) is 19.7. The maximum absolute atomic E-state index is 15.0. The van der Waals surface area contributed by atoms with Gasteiger partial charge >= 0.3 is 6.03 Å². The number of fused-ring (bicyclic) bond motifs is 2. The van der Waals surface area contributed by atoms with Crippen LogP contribution in [0.5, 0.6) is 0 Å². The molecular weight excluding hydrogens is 537 g/mol. The quantitative estimate of drug-likeness (QED) is 0.279. The molecule has 0 bridgehead atoms. The smallest absolute Gasteiger partial charge is 0.319 e. The summed E-state index contributed by atoms with van der Waals surface area (Å²) in [5.74, 6) is 0.276. The van der Waals surface area contributed by atoms with Gasteiger partial charge in [0.25, 0.3) is 0 Å². The van der Waals surface area contributed by atoms with Gasteiger partial charge in [-0.05, 0) is 85.1 Å². The molecule has 7 nitrogen and oxygen atoms in total. The molecule has 1 N–H and O–H groups in total. The SMILES string of the molecule is Cc1c(CC(=O)c2cc3c(s2)CCC(C)C3)cc(F)cc1-c1ncnc2[nH]c(C3=CCN(C(=O)N(C)C)CC3)cc12. The van der Waals surface area contributed by atoms with Crippen LogP contribution in [-0.2, 0) is 19.3 Å². The van der Waals surface area contributed by atoms with E-state index < -0.39 is 5.82 Å². The van der Waals surface area contributed by atoms with Crippen LogP contribution in [0.2, 0.25) is 0 Å². The van der Waals surface area contributed by atoms with Crippen molar-refractivity contribution in [3.8, 4) is 11.3 Å². The minimum atomic E-state index is -0.393. The lowest BCUT2D eigenvalue weighted by Gasteiger charge is -2.28. The molecule has 1 unspecified atom stereocenters. The van der Waals surface area contributed by atoms with Crippen LogP contribution in [0.1, 0.15) is 56.7 Å². The predicted molar refractivity (Wildman–Crippen MR) is 161 cm³/mol. The lowest BCUT2D eigenvalue weighted by Crippen LogP contribution is -2.41. The molecule has 212 valence electrons. The lowest BCUT2D eigenvalue weighted by atomic mass is 9.90. The molecule has 41 heavy (non-hydrogen) atoms. The average molecular weight is 572 g/mol. The summed E-state index contributed by atoms with van der Waals surface area (Å²) >= 11 is 1.60. The highest BCUT2D eigenvalue weighted by molar-refractivity contribution is 7.14. The summed E-state index contributed by atoms with van der Waals surface area (Å²) in [6, 6.07) is 7.02. The van der Waals surface area contributed by atoms with Crippen molar-refractivity contribution in [1.82, 2.24) is 24.8 Å². The van der Waals surface area contributed by atoms with Gasteiger partial charge in [0.05, 0.1) is 10.6 Å². The highest BCUT2D eigenvalue weighted by Gasteiger charge is 2.24. The number of benzene rings is 1. The molecule has 1 aliphatic carbocycles. The highest BCUT2D eigenvalue weighted by Crippen LogP contribution is 2.35. The van der Waals surface area contributed by atoms with Crippen molar-refractivity contribution in [3.63, 3.8) is 0 Å². The zero-order valence-corrected chi connectivity index (χ0v) is 24.7. The van der Waals surface area contributed by atoms with Crippen LogP contribution >= 0.6 is 11.3 Å². The topological polar surface area (TPSA) is 82.2 Å². The number of aromatic amines is 1. The number of urea groups is 1. The van der Waals surface area contributed by atoms with Crippen molar-refractivity contribution in [3.05, 3.63) is 74.6 Å². The number of nitrogens with one attached hydrogen (secondary N) is 1. The third-order valence-electron chi connectivity index (χ3n) is 8.32. The van der Waals surface area contributed by atoms with Crippen LogP contribution in [0.3, 0.4) is 0 Å². The van der Waals surface area contributed by atoms with Crippen molar-refractivity contribution in [2.75, 3.05) is 27.2 Å². The average Bonchev–Trinajstić information content (AvgIpc) is 3.59. The van der Waals surface area contributed by atoms with Crippen molar-refractivity contribution in [2.24, 2.45) is 5.92 Å². The third kappa shape index (κ3) is 5.30. The number of carbonyl (C=O) groups is 2. The molecule has 1 aromatic carbocycles. The number of rotatable bonds is 5. The number of hydrogen-bond acceptors (Lipinski definition) is 5. The Bertz CT molecular complexity index is 1700. The number of hydrogen-bond donors (Lipinski definition) is 1. The molecule has 9 heteroatoms. The molecule has 0 fully saturated rings. The van der Waals surface area contributed by atoms with Gasteiger partial charge in [0.1, 0.15) is 17.8 Å². The van der Waals surface area contributed by atoms with E-state index in [9.17, 15) is 9.59 Å². The Balaban J connectivity index is 1.29. The summed E-state index contributed by atoms with van der Waals surface area (Å²) in [4.78, 5) is 43.5. The van der Waals surface area contributed by atoms with E-state index in [0.717, 1.165) is 46.4 Å². The minimum Gasteiger partial charge on any atom is -0.339 e. The van der Waals surface area contributed by atoms with E-state index in [1.54, 1.807) is 30.3 Å². The molecular formula is C32H34FN5O2S. The molecule has 2 aliphatic rings. The van der Waals surface area contributed by atoms with E-state index in [1.807, 2.05) is 17.9 Å². The van der Waals surface area contributed by atoms with Gasteiger partial charge in [0.15, 0.2) is 5.78 Å². The van der Waals surface area contributed by atoms with Gasteiger partial charge in [-0.15, -0.1) is 11.3 Å². The first kappa shape index (κ1) is 27.3. The van der Waals surface area contributed by atoms with Crippen LogP contribution in [-0.4, -0.2) is 63.8 Å². The zero-order valence-electron chi connectivity index (χ0n) is 23.9. The molecule has 1 atom stereocenters. The van der Waals surface area contributed by atoms with Gasteiger partial charge in [0, 0.05) is 55.1 Å². The molecule has 0 saturated heterocycles. The van der Waals surface area contributed by atoms with Crippen molar-refractivity contribution < 1.29 is 14.0 Å². The molecule has 1 aliphatic heterocycles. The Morgan fingerprint density at radius 1 is 1.17 bits per heavy atom. The standard InChI is InChI=1S/C32H34FN5O2S/c1-18-5-6-28-22(11-18)14-29(41-28)27(39)13-21-12-23(33)15-24(19(21)2)30-25-16-26(36-31(25)35-17-34-30)20-7-9-38(10-8-20)32(40)37(3)4/h7,12,14-18H,5-6,8-11,13H2,1-4H3,(H,34,35,36). The minimum absolute atomic E-state index is 0.00533. The summed E-state index contributed by atoms with van der Waals surface area (Å²) in [6.45, 7) is 5.35. The second-order valence-electron chi connectivity index (χ2n) is 11.5. The molecule has 0 radical (unpaired) electrons. The number of Topliss-reactive ketones (excluding diaryl/α,β-unsaturated/α-hetero) is 1. The van der Waals surface area contributed by atoms with Gasteiger partial charge in [0.2, 0.25) is 0 Å². The molecule has 4 heterocycles. The highest BCUT2D eigenvalue weighted by atomic mass is 32.1. The third-order valence-corrected chi connectivity index (χ3v) is 9.60. The number of aryl methyl sites for hydroxylation is 1. The predicted octanol–water partition coefficient (Wildman–Crippen LogP) is 6.45. The summed E-state index contributed by atoms with van der Waals surface area (Å²) in [6.07, 6.45) is 7.61. The van der Waals surface area contributed by atoms with Crippen LogP contribution in [0, 0.1) is 18.7 Å². The molecule has 0 saturated carbocycles. The normalized spacial score (nSPS) is 17.0. The molecule has 3 aromatic heterocycles. The van der Waals surface area contributed by atoms with Crippen molar-refractivity contribution in [2.45, 2.75) is 46.0 Å². The van der Waals surface area contributed by atoms with Gasteiger partial charge in [-0.25, -0.2) is 19.2 Å². The molecule has 4 aromatic rings. The van der Waals surface area contributed by atoms with Crippen LogP contribution < -0.4 is 0 Å². The number of carbonyl (C=O) groups excluding carboxylic acids is 2. The van der Waals surface area contributed by atoms with Crippen molar-refractivity contribution >= 4 is 39.8 Å². The first-order valence-electron chi connectivity index (χ1n) is 14.1. The van der Waals surface area contributed by atoms with Gasteiger partial charge in [-0.1, -0.05) is 13.0 Å². The molecule has 2 amide bonds. The van der Waals surface area contributed by atoms with Crippen LogP contribution in [0.25, 0.3) is 27.9 Å². The summed E-state index contributed by atoms with van der Waals surface area (Å²) in [5, 5.41) is 0.793. The fraction of sp³-hybridized carbons (Fsp3) is 0.375. The fourth-order valence-corrected chi connectivity index (χ4v) is 7.11. The van der Waals surface area contributed by atoms with E-state index in [1.165, 1.54) is 28.9 Å². The Kier molecular flexibility index (Phi) is 7.23. The fourth-order valence-electron chi connectivity index (χ4n) is 5.97. The Labute approximate surface area is 243 Å². The summed E-state index contributed by atoms with van der Waals surface area (Å²) in [5.41, 5.74) is 6.78. The molecule has 0 spiro atoms. The van der Waals surface area contributed by atoms with Crippen LogP contribution in [0.4, 0.5) is 9.18 Å². The molecule has 6 rings (SSSR count).